The molecule has 0 spiro atoms. The minimum Gasteiger partial charge on any atom is -0.358 e. The third-order valence-electron chi connectivity index (χ3n) is 4.72. The number of aromatic amines is 1. The fourth-order valence-electron chi connectivity index (χ4n) is 3.27. The zero-order valence-electron chi connectivity index (χ0n) is 16.2. The van der Waals surface area contributed by atoms with Crippen molar-refractivity contribution >= 4 is 22.5 Å². The molecular formula is C21H21F4N3O. The molecule has 1 amide bonds. The third-order valence-corrected chi connectivity index (χ3v) is 4.72. The zero-order valence-corrected chi connectivity index (χ0v) is 16.2. The van der Waals surface area contributed by atoms with Crippen LogP contribution in [-0.2, 0) is 12.6 Å². The summed E-state index contributed by atoms with van der Waals surface area (Å²) < 4.78 is 52.8. The summed E-state index contributed by atoms with van der Waals surface area (Å²) in [6.45, 7) is 2.78. The predicted octanol–water partition coefficient (Wildman–Crippen LogP) is 4.99. The van der Waals surface area contributed by atoms with Gasteiger partial charge in [0.05, 0.1) is 11.1 Å². The monoisotopic (exact) mass is 407 g/mol. The Morgan fingerprint density at radius 1 is 1.14 bits per heavy atom. The third kappa shape index (κ3) is 4.59. The van der Waals surface area contributed by atoms with Gasteiger partial charge in [0.15, 0.2) is 0 Å². The lowest BCUT2D eigenvalue weighted by Crippen LogP contribution is -2.19. The number of carbonyl (C=O) groups is 1. The quantitative estimate of drug-likeness (QED) is 0.586. The van der Waals surface area contributed by atoms with Gasteiger partial charge in [-0.3, -0.25) is 4.79 Å². The van der Waals surface area contributed by atoms with Gasteiger partial charge >= 0.3 is 6.18 Å². The number of hydrogen-bond acceptors (Lipinski definition) is 2. The average molecular weight is 407 g/mol. The number of nitrogens with zero attached hydrogens (tertiary/aromatic N) is 1. The van der Waals surface area contributed by atoms with E-state index in [0.29, 0.717) is 11.8 Å². The summed E-state index contributed by atoms with van der Waals surface area (Å²) in [6, 6.07) is 7.12. The molecule has 0 unspecified atom stereocenters. The van der Waals surface area contributed by atoms with Crippen LogP contribution in [0.5, 0.6) is 0 Å². The minimum absolute atomic E-state index is 0.326. The molecule has 29 heavy (non-hydrogen) atoms. The normalized spacial score (nSPS) is 12.0. The summed E-state index contributed by atoms with van der Waals surface area (Å²) in [4.78, 5) is 17.8. The van der Waals surface area contributed by atoms with E-state index in [0.717, 1.165) is 47.3 Å². The number of aryl methyl sites for hydroxylation is 1. The maximum absolute atomic E-state index is 13.3. The lowest BCUT2D eigenvalue weighted by atomic mass is 10.0. The number of carbonyl (C=O) groups excluding carboxylic acids is 1. The van der Waals surface area contributed by atoms with Crippen molar-refractivity contribution in [1.29, 1.82) is 0 Å². The first-order chi connectivity index (χ1) is 13.6. The Morgan fingerprint density at radius 2 is 1.86 bits per heavy atom. The maximum atomic E-state index is 13.3. The molecule has 0 aliphatic carbocycles. The van der Waals surface area contributed by atoms with Gasteiger partial charge < -0.3 is 15.2 Å². The summed E-state index contributed by atoms with van der Waals surface area (Å²) >= 11 is 0. The van der Waals surface area contributed by atoms with E-state index in [1.807, 2.05) is 21.0 Å². The van der Waals surface area contributed by atoms with Gasteiger partial charge in [-0.05, 0) is 69.4 Å². The van der Waals surface area contributed by atoms with Gasteiger partial charge in [-0.25, -0.2) is 4.39 Å². The van der Waals surface area contributed by atoms with Crippen LogP contribution in [0.1, 0.15) is 27.2 Å². The average Bonchev–Trinajstić information content (AvgIpc) is 2.93. The van der Waals surface area contributed by atoms with E-state index >= 15 is 0 Å². The Morgan fingerprint density at radius 3 is 2.52 bits per heavy atom. The Bertz CT molecular complexity index is 1050. The fourth-order valence-corrected chi connectivity index (χ4v) is 3.27. The highest BCUT2D eigenvalue weighted by molar-refractivity contribution is 6.06. The number of halogens is 4. The molecule has 4 nitrogen and oxygen atoms in total. The Labute approximate surface area is 165 Å². The second-order valence-corrected chi connectivity index (χ2v) is 7.18. The summed E-state index contributed by atoms with van der Waals surface area (Å²) in [5.41, 5.74) is 1.40. The molecule has 2 aromatic carbocycles. The van der Waals surface area contributed by atoms with Gasteiger partial charge in [-0.15, -0.1) is 0 Å². The first-order valence-corrected chi connectivity index (χ1v) is 9.00. The lowest BCUT2D eigenvalue weighted by molar-refractivity contribution is -0.138. The van der Waals surface area contributed by atoms with E-state index < -0.39 is 29.0 Å². The lowest BCUT2D eigenvalue weighted by Gasteiger charge is -2.13. The number of anilines is 1. The van der Waals surface area contributed by atoms with Crippen molar-refractivity contribution in [3.63, 3.8) is 0 Å². The number of alkyl halides is 3. The second-order valence-electron chi connectivity index (χ2n) is 7.18. The van der Waals surface area contributed by atoms with E-state index in [4.69, 9.17) is 0 Å². The molecule has 0 saturated heterocycles. The number of fused-ring (bicyclic) bond motifs is 1. The van der Waals surface area contributed by atoms with Crippen LogP contribution >= 0.6 is 0 Å². The Hall–Kier alpha value is -2.87. The first-order valence-electron chi connectivity index (χ1n) is 9.00. The second kappa shape index (κ2) is 7.87. The van der Waals surface area contributed by atoms with Crippen molar-refractivity contribution < 1.29 is 22.4 Å². The molecule has 0 radical (unpaired) electrons. The van der Waals surface area contributed by atoms with Crippen LogP contribution in [0.3, 0.4) is 0 Å². The number of nitrogens with one attached hydrogen (secondary N) is 2. The maximum Gasteiger partial charge on any atom is 0.417 e. The molecule has 0 atom stereocenters. The number of benzene rings is 2. The molecule has 0 saturated carbocycles. The topological polar surface area (TPSA) is 48.1 Å². The molecule has 154 valence electrons. The predicted molar refractivity (Wildman–Crippen MR) is 105 cm³/mol. The number of rotatable bonds is 5. The number of likely N-dealkylation sites (N-methyl/N-ethyl adjacent to an activating group) is 1. The molecule has 8 heteroatoms. The van der Waals surface area contributed by atoms with E-state index in [1.165, 1.54) is 0 Å². The number of aromatic nitrogens is 1. The first kappa shape index (κ1) is 20.9. The summed E-state index contributed by atoms with van der Waals surface area (Å²) in [5, 5.41) is 3.40. The number of amides is 1. The highest BCUT2D eigenvalue weighted by atomic mass is 19.4. The molecular weight excluding hydrogens is 386 g/mol. The van der Waals surface area contributed by atoms with Gasteiger partial charge in [-0.2, -0.15) is 13.2 Å². The van der Waals surface area contributed by atoms with Crippen LogP contribution in [0, 0.1) is 12.7 Å². The molecule has 3 aromatic rings. The molecule has 0 aliphatic rings. The van der Waals surface area contributed by atoms with Gasteiger partial charge in [0.25, 0.3) is 5.91 Å². The van der Waals surface area contributed by atoms with Crippen molar-refractivity contribution in [2.45, 2.75) is 19.5 Å². The molecule has 3 rings (SSSR count). The van der Waals surface area contributed by atoms with E-state index in [2.05, 4.69) is 15.2 Å². The van der Waals surface area contributed by atoms with E-state index in [1.54, 1.807) is 18.2 Å². The van der Waals surface area contributed by atoms with Crippen LogP contribution in [0.15, 0.2) is 36.4 Å². The summed E-state index contributed by atoms with van der Waals surface area (Å²) in [6.07, 6.45) is -4.05. The van der Waals surface area contributed by atoms with Crippen molar-refractivity contribution in [2.75, 3.05) is 26.0 Å². The molecule has 2 N–H and O–H groups in total. The van der Waals surface area contributed by atoms with Crippen LogP contribution < -0.4 is 5.32 Å². The molecule has 1 heterocycles. The fraction of sp³-hybridized carbons (Fsp3) is 0.286. The Kier molecular flexibility index (Phi) is 5.66. The van der Waals surface area contributed by atoms with Crippen LogP contribution in [0.25, 0.3) is 10.9 Å². The number of H-pyrrole nitrogens is 1. The molecule has 0 bridgehead atoms. The van der Waals surface area contributed by atoms with Crippen molar-refractivity contribution in [2.24, 2.45) is 0 Å². The summed E-state index contributed by atoms with van der Waals surface area (Å²) in [5.74, 6) is -2.00. The van der Waals surface area contributed by atoms with Crippen molar-refractivity contribution in [1.82, 2.24) is 9.88 Å². The van der Waals surface area contributed by atoms with Gasteiger partial charge in [-0.1, -0.05) is 0 Å². The molecule has 0 fully saturated rings. The van der Waals surface area contributed by atoms with Gasteiger partial charge in [0, 0.05) is 28.8 Å². The van der Waals surface area contributed by atoms with Crippen molar-refractivity contribution in [3.8, 4) is 0 Å². The SMILES string of the molecule is Cc1[nH]c2ccc(NC(=O)c3ccc(F)cc3C(F)(F)F)cc2c1CCN(C)C. The smallest absolute Gasteiger partial charge is 0.358 e. The van der Waals surface area contributed by atoms with Crippen LogP contribution in [0.4, 0.5) is 23.2 Å². The highest BCUT2D eigenvalue weighted by Gasteiger charge is 2.35. The number of hydrogen-bond donors (Lipinski definition) is 2. The standard InChI is InChI=1S/C21H21F4N3O/c1-12-15(8-9-28(2)3)17-11-14(5-7-19(17)26-12)27-20(29)16-6-4-13(22)10-18(16)21(23,24)25/h4-7,10-11,26H,8-9H2,1-3H3,(H,27,29). The van der Waals surface area contributed by atoms with Crippen LogP contribution in [0.2, 0.25) is 0 Å². The largest absolute Gasteiger partial charge is 0.417 e. The van der Waals surface area contributed by atoms with Gasteiger partial charge in [0.2, 0.25) is 0 Å². The van der Waals surface area contributed by atoms with Crippen molar-refractivity contribution in [3.05, 3.63) is 64.6 Å². The Balaban J connectivity index is 1.93. The molecule has 1 aromatic heterocycles. The van der Waals surface area contributed by atoms with E-state index in [9.17, 15) is 22.4 Å². The zero-order chi connectivity index (χ0) is 21.3. The van der Waals surface area contributed by atoms with Gasteiger partial charge in [0.1, 0.15) is 5.82 Å². The van der Waals surface area contributed by atoms with E-state index in [-0.39, 0.29) is 0 Å². The highest BCUT2D eigenvalue weighted by Crippen LogP contribution is 2.33. The summed E-state index contributed by atoms with van der Waals surface area (Å²) in [7, 11) is 3.94. The van der Waals surface area contributed by atoms with Crippen LogP contribution in [-0.4, -0.2) is 36.4 Å². The minimum atomic E-state index is -4.84. The molecule has 0 aliphatic heterocycles.